The van der Waals surface area contributed by atoms with E-state index in [1.54, 1.807) is 18.4 Å². The molecular weight excluding hydrogens is 371 g/mol. The first-order valence-electron chi connectivity index (χ1n) is 6.25. The van der Waals surface area contributed by atoms with Gasteiger partial charge in [-0.3, -0.25) is 4.21 Å². The average molecular weight is 388 g/mol. The minimum absolute atomic E-state index is 0.179. The Labute approximate surface area is 132 Å². The van der Waals surface area contributed by atoms with Crippen molar-refractivity contribution in [3.05, 3.63) is 28.2 Å². The first-order valence-corrected chi connectivity index (χ1v) is 8.77. The number of halogens is 4. The van der Waals surface area contributed by atoms with Crippen molar-refractivity contribution in [2.45, 2.75) is 32.3 Å². The van der Waals surface area contributed by atoms with Crippen LogP contribution in [0.25, 0.3) is 0 Å². The van der Waals surface area contributed by atoms with Gasteiger partial charge in [0.05, 0.1) is 4.47 Å². The summed E-state index contributed by atoms with van der Waals surface area (Å²) in [4.78, 5) is 0. The van der Waals surface area contributed by atoms with Gasteiger partial charge in [-0.2, -0.15) is 0 Å². The molecule has 21 heavy (non-hydrogen) atoms. The van der Waals surface area contributed by atoms with Crippen molar-refractivity contribution in [1.29, 1.82) is 0 Å². The van der Waals surface area contributed by atoms with E-state index in [2.05, 4.69) is 26.0 Å². The Morgan fingerprint density at radius 2 is 2.10 bits per heavy atom. The van der Waals surface area contributed by atoms with Crippen LogP contribution in [0.5, 0.6) is 5.75 Å². The molecule has 0 saturated heterocycles. The fourth-order valence-electron chi connectivity index (χ4n) is 1.60. The van der Waals surface area contributed by atoms with E-state index < -0.39 is 17.2 Å². The number of alkyl halides is 3. The third-order valence-corrected chi connectivity index (χ3v) is 4.15. The molecule has 0 amide bonds. The first kappa shape index (κ1) is 18.4. The molecular formula is C13H17BrF3NO2S. The molecule has 8 heteroatoms. The van der Waals surface area contributed by atoms with Gasteiger partial charge in [-0.15, -0.1) is 13.2 Å². The van der Waals surface area contributed by atoms with Crippen molar-refractivity contribution in [3.8, 4) is 5.75 Å². The van der Waals surface area contributed by atoms with Gasteiger partial charge in [0.2, 0.25) is 0 Å². The van der Waals surface area contributed by atoms with Gasteiger partial charge in [-0.25, -0.2) is 0 Å². The van der Waals surface area contributed by atoms with Crippen LogP contribution in [-0.2, 0) is 17.3 Å². The molecule has 1 aromatic rings. The van der Waals surface area contributed by atoms with Gasteiger partial charge in [0, 0.05) is 35.4 Å². The van der Waals surface area contributed by atoms with Gasteiger partial charge in [0.25, 0.3) is 0 Å². The summed E-state index contributed by atoms with van der Waals surface area (Å²) >= 11 is 3.06. The molecule has 0 aromatic heterocycles. The second-order valence-electron chi connectivity index (χ2n) is 4.66. The molecule has 0 saturated carbocycles. The highest BCUT2D eigenvalue weighted by molar-refractivity contribution is 9.10. The maximum Gasteiger partial charge on any atom is 0.573 e. The zero-order chi connectivity index (χ0) is 16.0. The Hall–Kier alpha value is -0.600. The molecule has 1 rings (SSSR count). The molecule has 0 aliphatic heterocycles. The van der Waals surface area contributed by atoms with E-state index >= 15 is 0 Å². The van der Waals surface area contributed by atoms with E-state index in [-0.39, 0.29) is 16.3 Å². The second-order valence-corrected chi connectivity index (χ2v) is 7.07. The molecule has 0 fully saturated rings. The van der Waals surface area contributed by atoms with E-state index in [1.807, 2.05) is 6.92 Å². The minimum Gasteiger partial charge on any atom is -0.405 e. The Morgan fingerprint density at radius 3 is 2.62 bits per heavy atom. The van der Waals surface area contributed by atoms with Crippen molar-refractivity contribution in [3.63, 3.8) is 0 Å². The summed E-state index contributed by atoms with van der Waals surface area (Å²) in [6.07, 6.45) is -2.27. The fraction of sp³-hybridized carbons (Fsp3) is 0.538. The van der Waals surface area contributed by atoms with Crippen molar-refractivity contribution in [1.82, 2.24) is 5.32 Å². The Bertz CT molecular complexity index is 497. The molecule has 0 aliphatic carbocycles. The van der Waals surface area contributed by atoms with E-state index in [9.17, 15) is 17.4 Å². The highest BCUT2D eigenvalue weighted by atomic mass is 79.9. The maximum atomic E-state index is 12.1. The zero-order valence-electron chi connectivity index (χ0n) is 11.7. The molecule has 1 aromatic carbocycles. The summed E-state index contributed by atoms with van der Waals surface area (Å²) < 4.78 is 51.6. The molecule has 0 bridgehead atoms. The lowest BCUT2D eigenvalue weighted by Crippen LogP contribution is -2.27. The number of benzene rings is 1. The summed E-state index contributed by atoms with van der Waals surface area (Å²) in [7, 11) is -0.821. The summed E-state index contributed by atoms with van der Waals surface area (Å²) in [6.45, 7) is 2.49. The predicted octanol–water partition coefficient (Wildman–Crippen LogP) is 3.59. The van der Waals surface area contributed by atoms with Gasteiger partial charge < -0.3 is 10.1 Å². The summed E-state index contributed by atoms with van der Waals surface area (Å²) in [6, 6.07) is 4.61. The molecule has 120 valence electrons. The highest BCUT2D eigenvalue weighted by Crippen LogP contribution is 2.31. The molecule has 0 spiro atoms. The van der Waals surface area contributed by atoms with E-state index in [0.29, 0.717) is 12.3 Å². The molecule has 0 aliphatic rings. The topological polar surface area (TPSA) is 38.3 Å². The van der Waals surface area contributed by atoms with Gasteiger partial charge in [0.1, 0.15) is 5.75 Å². The Morgan fingerprint density at radius 1 is 1.43 bits per heavy atom. The molecule has 2 unspecified atom stereocenters. The second kappa shape index (κ2) is 8.14. The molecule has 1 N–H and O–H groups in total. The van der Waals surface area contributed by atoms with Crippen LogP contribution in [0.4, 0.5) is 13.2 Å². The molecule has 3 nitrogen and oxygen atoms in total. The van der Waals surface area contributed by atoms with E-state index in [1.165, 1.54) is 6.07 Å². The van der Waals surface area contributed by atoms with Crippen LogP contribution in [-0.4, -0.2) is 28.6 Å². The SMILES string of the molecule is CC(CCS(C)=O)NCc1ccc(OC(F)(F)F)c(Br)c1. The highest BCUT2D eigenvalue weighted by Gasteiger charge is 2.31. The summed E-state index contributed by atoms with van der Waals surface area (Å²) in [5.41, 5.74) is 0.834. The monoisotopic (exact) mass is 387 g/mol. The minimum atomic E-state index is -4.70. The number of hydrogen-bond acceptors (Lipinski definition) is 3. The lowest BCUT2D eigenvalue weighted by Gasteiger charge is -2.14. The van der Waals surface area contributed by atoms with Crippen LogP contribution in [0, 0.1) is 0 Å². The van der Waals surface area contributed by atoms with Crippen LogP contribution < -0.4 is 10.1 Å². The van der Waals surface area contributed by atoms with Crippen molar-refractivity contribution in [2.24, 2.45) is 0 Å². The van der Waals surface area contributed by atoms with Crippen LogP contribution in [0.3, 0.4) is 0 Å². The normalized spacial score (nSPS) is 14.8. The van der Waals surface area contributed by atoms with Gasteiger partial charge in [-0.05, 0) is 47.0 Å². The van der Waals surface area contributed by atoms with Crippen LogP contribution >= 0.6 is 15.9 Å². The van der Waals surface area contributed by atoms with Gasteiger partial charge >= 0.3 is 6.36 Å². The van der Waals surface area contributed by atoms with Crippen molar-refractivity contribution in [2.75, 3.05) is 12.0 Å². The Balaban J connectivity index is 2.54. The lowest BCUT2D eigenvalue weighted by molar-refractivity contribution is -0.274. The van der Waals surface area contributed by atoms with E-state index in [4.69, 9.17) is 0 Å². The lowest BCUT2D eigenvalue weighted by atomic mass is 10.2. The molecule has 0 heterocycles. The quantitative estimate of drug-likeness (QED) is 0.776. The maximum absolute atomic E-state index is 12.1. The third kappa shape index (κ3) is 7.82. The van der Waals surface area contributed by atoms with E-state index in [0.717, 1.165) is 12.0 Å². The zero-order valence-corrected chi connectivity index (χ0v) is 14.1. The third-order valence-electron chi connectivity index (χ3n) is 2.71. The van der Waals surface area contributed by atoms with Gasteiger partial charge in [0.15, 0.2) is 0 Å². The largest absolute Gasteiger partial charge is 0.573 e. The van der Waals surface area contributed by atoms with Crippen LogP contribution in [0.1, 0.15) is 18.9 Å². The summed E-state index contributed by atoms with van der Waals surface area (Å²) in [5.74, 6) is 0.358. The number of nitrogens with one attached hydrogen (secondary N) is 1. The molecule has 0 radical (unpaired) electrons. The number of hydrogen-bond donors (Lipinski definition) is 1. The average Bonchev–Trinajstić information content (AvgIpc) is 2.35. The standard InChI is InChI=1S/C13H17BrF3NO2S/c1-9(5-6-21(2)19)18-8-10-3-4-12(11(14)7-10)20-13(15,16)17/h3-4,7,9,18H,5-6,8H2,1-2H3. The fourth-order valence-corrected chi connectivity index (χ4v) is 2.79. The molecule has 2 atom stereocenters. The van der Waals surface area contributed by atoms with Crippen molar-refractivity contribution >= 4 is 26.7 Å². The van der Waals surface area contributed by atoms with Gasteiger partial charge in [-0.1, -0.05) is 6.07 Å². The van der Waals surface area contributed by atoms with Crippen LogP contribution in [0.2, 0.25) is 0 Å². The number of ether oxygens (including phenoxy) is 1. The number of rotatable bonds is 7. The first-order chi connectivity index (χ1) is 9.67. The van der Waals surface area contributed by atoms with Crippen molar-refractivity contribution < 1.29 is 22.1 Å². The predicted molar refractivity (Wildman–Crippen MR) is 80.7 cm³/mol. The smallest absolute Gasteiger partial charge is 0.405 e. The van der Waals surface area contributed by atoms with Crippen LogP contribution in [0.15, 0.2) is 22.7 Å². The Kier molecular flexibility index (Phi) is 7.15. The summed E-state index contributed by atoms with van der Waals surface area (Å²) in [5, 5.41) is 3.23.